The van der Waals surface area contributed by atoms with Crippen LogP contribution >= 0.6 is 0 Å². The molecule has 2 aromatic carbocycles. The minimum Gasteiger partial charge on any atom is -0.361 e. The molecule has 5 aromatic rings. The Balaban J connectivity index is 1.45. The number of aromatic nitrogens is 5. The predicted molar refractivity (Wildman–Crippen MR) is 120 cm³/mol. The number of carbonyl (C=O) groups is 1. The van der Waals surface area contributed by atoms with Gasteiger partial charge in [0.1, 0.15) is 17.3 Å². The molecule has 0 atom stereocenters. The second kappa shape index (κ2) is 7.16. The zero-order valence-electron chi connectivity index (χ0n) is 17.3. The Hall–Kier alpha value is -4.27. The summed E-state index contributed by atoms with van der Waals surface area (Å²) in [5.41, 5.74) is 3.47. The van der Waals surface area contributed by atoms with E-state index >= 15 is 0 Å². The van der Waals surface area contributed by atoms with Gasteiger partial charge in [-0.05, 0) is 31.2 Å². The molecule has 0 radical (unpaired) electrons. The van der Waals surface area contributed by atoms with E-state index < -0.39 is 0 Å². The zero-order valence-corrected chi connectivity index (χ0v) is 17.3. The number of piperazine rings is 1. The van der Waals surface area contributed by atoms with E-state index in [4.69, 9.17) is 9.51 Å². The van der Waals surface area contributed by atoms with Crippen LogP contribution in [0.15, 0.2) is 65.2 Å². The third-order valence-corrected chi connectivity index (χ3v) is 5.69. The second-order valence-corrected chi connectivity index (χ2v) is 7.75. The average molecular weight is 425 g/mol. The molecule has 0 N–H and O–H groups in total. The second-order valence-electron chi connectivity index (χ2n) is 7.75. The van der Waals surface area contributed by atoms with Crippen LogP contribution in [0.5, 0.6) is 0 Å². The van der Waals surface area contributed by atoms with Crippen molar-refractivity contribution in [1.82, 2.24) is 25.0 Å². The monoisotopic (exact) mass is 425 g/mol. The molecule has 0 saturated carbocycles. The Kier molecular flexibility index (Phi) is 4.14. The maximum absolute atomic E-state index is 13.0. The van der Waals surface area contributed by atoms with Crippen molar-refractivity contribution in [2.24, 2.45) is 0 Å². The van der Waals surface area contributed by atoms with Gasteiger partial charge < -0.3 is 14.3 Å². The first-order chi connectivity index (χ1) is 15.7. The van der Waals surface area contributed by atoms with E-state index in [-0.39, 0.29) is 12.5 Å². The van der Waals surface area contributed by atoms with Crippen molar-refractivity contribution < 1.29 is 9.32 Å². The number of nitrogens with zero attached hydrogens (tertiary/aromatic N) is 7. The average Bonchev–Trinajstić information content (AvgIpc) is 3.45. The minimum absolute atomic E-state index is 0.0344. The molecule has 0 bridgehead atoms. The number of carbonyl (C=O) groups excluding carboxylic acids is 1. The Morgan fingerprint density at radius 3 is 2.59 bits per heavy atom. The van der Waals surface area contributed by atoms with Gasteiger partial charge in [0.25, 0.3) is 0 Å². The van der Waals surface area contributed by atoms with E-state index in [0.29, 0.717) is 35.9 Å². The molecular formula is C23H19N7O2. The highest BCUT2D eigenvalue weighted by Crippen LogP contribution is 2.31. The van der Waals surface area contributed by atoms with Crippen LogP contribution in [0.3, 0.4) is 0 Å². The number of aryl methyl sites for hydroxylation is 1. The van der Waals surface area contributed by atoms with Crippen molar-refractivity contribution in [2.45, 2.75) is 6.92 Å². The van der Waals surface area contributed by atoms with Crippen LogP contribution in [0.4, 0.5) is 11.5 Å². The normalized spacial score (nSPS) is 14.6. The first-order valence-electron chi connectivity index (χ1n) is 10.4. The lowest BCUT2D eigenvalue weighted by atomic mass is 10.2. The van der Waals surface area contributed by atoms with Gasteiger partial charge in [-0.15, -0.1) is 5.10 Å². The molecule has 1 aliphatic heterocycles. The number of rotatable bonds is 3. The van der Waals surface area contributed by atoms with Crippen LogP contribution in [0, 0.1) is 6.92 Å². The molecular weight excluding hydrogens is 406 g/mol. The highest BCUT2D eigenvalue weighted by molar-refractivity contribution is 6.00. The van der Waals surface area contributed by atoms with Gasteiger partial charge in [-0.3, -0.25) is 4.79 Å². The number of hydrogen-bond donors (Lipinski definition) is 0. The molecule has 9 nitrogen and oxygen atoms in total. The lowest BCUT2D eigenvalue weighted by Crippen LogP contribution is -2.51. The Morgan fingerprint density at radius 2 is 1.81 bits per heavy atom. The van der Waals surface area contributed by atoms with Crippen LogP contribution in [-0.4, -0.2) is 50.5 Å². The van der Waals surface area contributed by atoms with E-state index in [1.165, 1.54) is 0 Å². The summed E-state index contributed by atoms with van der Waals surface area (Å²) in [6.07, 6.45) is 0. The summed E-state index contributed by atoms with van der Waals surface area (Å²) in [6.45, 7) is 3.31. The number of amides is 1. The molecule has 1 fully saturated rings. The van der Waals surface area contributed by atoms with Crippen LogP contribution in [0.25, 0.3) is 27.9 Å². The summed E-state index contributed by atoms with van der Waals surface area (Å²) < 4.78 is 6.93. The summed E-state index contributed by atoms with van der Waals surface area (Å²) in [6, 6.07) is 19.4. The Morgan fingerprint density at radius 1 is 1.00 bits per heavy atom. The SMILES string of the molecule is Cc1cc(-c2nnn3c2nc(N2CCN(c4ccccc4)C(=O)C2)c2ccccc23)no1. The highest BCUT2D eigenvalue weighted by Gasteiger charge is 2.28. The molecule has 9 heteroatoms. The van der Waals surface area contributed by atoms with E-state index in [9.17, 15) is 4.79 Å². The largest absolute Gasteiger partial charge is 0.361 e. The fourth-order valence-corrected chi connectivity index (χ4v) is 4.17. The number of hydrogen-bond acceptors (Lipinski definition) is 7. The van der Waals surface area contributed by atoms with Crippen LogP contribution in [0.1, 0.15) is 5.76 Å². The molecule has 158 valence electrons. The summed E-state index contributed by atoms with van der Waals surface area (Å²) in [4.78, 5) is 21.8. The number of fused-ring (bicyclic) bond motifs is 3. The van der Waals surface area contributed by atoms with Gasteiger partial charge >= 0.3 is 0 Å². The highest BCUT2D eigenvalue weighted by atomic mass is 16.5. The fraction of sp³-hybridized carbons (Fsp3) is 0.174. The van der Waals surface area contributed by atoms with Gasteiger partial charge in [0.2, 0.25) is 5.91 Å². The fourth-order valence-electron chi connectivity index (χ4n) is 4.17. The minimum atomic E-state index is 0.0344. The van der Waals surface area contributed by atoms with E-state index in [1.807, 2.05) is 77.4 Å². The predicted octanol–water partition coefficient (Wildman–Crippen LogP) is 3.09. The number of para-hydroxylation sites is 2. The molecule has 0 unspecified atom stereocenters. The molecule has 6 rings (SSSR count). The van der Waals surface area contributed by atoms with Crippen molar-refractivity contribution in [3.63, 3.8) is 0 Å². The maximum atomic E-state index is 13.0. The molecule has 1 saturated heterocycles. The van der Waals surface area contributed by atoms with Crippen LogP contribution in [0.2, 0.25) is 0 Å². The lowest BCUT2D eigenvalue weighted by molar-refractivity contribution is -0.117. The van der Waals surface area contributed by atoms with Crippen molar-refractivity contribution in [1.29, 1.82) is 0 Å². The molecule has 1 aliphatic rings. The van der Waals surface area contributed by atoms with Gasteiger partial charge in [-0.2, -0.15) is 4.52 Å². The van der Waals surface area contributed by atoms with Crippen molar-refractivity contribution in [3.05, 3.63) is 66.4 Å². The van der Waals surface area contributed by atoms with Gasteiger partial charge in [0.05, 0.1) is 12.1 Å². The standard InChI is InChI=1S/C23H19N7O2/c1-15-13-18(26-32-15)21-23-24-22(17-9-5-6-10-19(17)30(23)27-25-21)28-11-12-29(20(31)14-28)16-7-3-2-4-8-16/h2-10,13H,11-12,14H2,1H3. The number of anilines is 2. The summed E-state index contributed by atoms with van der Waals surface area (Å²) >= 11 is 0. The first-order valence-corrected chi connectivity index (χ1v) is 10.4. The van der Waals surface area contributed by atoms with Crippen molar-refractivity contribution >= 4 is 34.0 Å². The summed E-state index contributed by atoms with van der Waals surface area (Å²) in [5.74, 6) is 1.45. The van der Waals surface area contributed by atoms with Gasteiger partial charge in [-0.25, -0.2) is 4.98 Å². The Bertz CT molecular complexity index is 1460. The third kappa shape index (κ3) is 2.89. The maximum Gasteiger partial charge on any atom is 0.246 e. The summed E-state index contributed by atoms with van der Waals surface area (Å²) in [7, 11) is 0. The van der Waals surface area contributed by atoms with Crippen LogP contribution in [-0.2, 0) is 4.79 Å². The summed E-state index contributed by atoms with van der Waals surface area (Å²) in [5, 5.41) is 13.6. The first kappa shape index (κ1) is 18.5. The smallest absolute Gasteiger partial charge is 0.246 e. The zero-order chi connectivity index (χ0) is 21.7. The molecule has 4 heterocycles. The molecule has 0 aliphatic carbocycles. The molecule has 32 heavy (non-hydrogen) atoms. The molecule has 0 spiro atoms. The Labute approximate surface area is 182 Å². The van der Waals surface area contributed by atoms with E-state index in [1.54, 1.807) is 4.52 Å². The van der Waals surface area contributed by atoms with E-state index in [0.717, 1.165) is 22.4 Å². The van der Waals surface area contributed by atoms with E-state index in [2.05, 4.69) is 15.5 Å². The third-order valence-electron chi connectivity index (χ3n) is 5.69. The van der Waals surface area contributed by atoms with Crippen molar-refractivity contribution in [3.8, 4) is 11.4 Å². The molecule has 1 amide bonds. The topological polar surface area (TPSA) is 92.7 Å². The number of benzene rings is 2. The van der Waals surface area contributed by atoms with Crippen LogP contribution < -0.4 is 9.80 Å². The lowest BCUT2D eigenvalue weighted by Gasteiger charge is -2.35. The van der Waals surface area contributed by atoms with Crippen molar-refractivity contribution in [2.75, 3.05) is 29.4 Å². The molecule has 3 aromatic heterocycles. The van der Waals surface area contributed by atoms with Gasteiger partial charge in [0.15, 0.2) is 11.3 Å². The van der Waals surface area contributed by atoms with Gasteiger partial charge in [0, 0.05) is 30.2 Å². The van der Waals surface area contributed by atoms with Gasteiger partial charge in [-0.1, -0.05) is 40.7 Å². The quantitative estimate of drug-likeness (QED) is 0.439.